The maximum absolute atomic E-state index is 10.1. The molecule has 0 aromatic rings. The number of aliphatic carboxylic acids is 2. The van der Waals surface area contributed by atoms with Gasteiger partial charge in [-0.25, -0.2) is 0 Å². The second-order valence-corrected chi connectivity index (χ2v) is 2.23. The van der Waals surface area contributed by atoms with Crippen molar-refractivity contribution in [2.24, 2.45) is 5.73 Å². The molecule has 0 rings (SSSR count). The van der Waals surface area contributed by atoms with Crippen molar-refractivity contribution >= 4 is 24.3 Å². The van der Waals surface area contributed by atoms with Crippen molar-refractivity contribution in [3.8, 4) is 0 Å². The maximum atomic E-state index is 10.1. The van der Waals surface area contributed by atoms with E-state index in [1.807, 2.05) is 0 Å². The van der Waals surface area contributed by atoms with Crippen LogP contribution in [0.15, 0.2) is 0 Å². The smallest absolute Gasteiger partial charge is 0.320 e. The van der Waals surface area contributed by atoms with E-state index in [0.717, 1.165) is 0 Å². The number of hydrogen-bond acceptors (Lipinski definition) is 3. The van der Waals surface area contributed by atoms with E-state index >= 15 is 0 Å². The number of rotatable bonds is 5. The predicted octanol–water partition coefficient (Wildman–Crippen LogP) is 0.0750. The lowest BCUT2D eigenvalue weighted by molar-refractivity contribution is -0.140. The highest BCUT2D eigenvalue weighted by Gasteiger charge is 2.10. The van der Waals surface area contributed by atoms with Crippen molar-refractivity contribution < 1.29 is 19.8 Å². The fourth-order valence-electron chi connectivity index (χ4n) is 0.597. The molecular formula is C6H12ClNO4. The number of carboxylic acids is 2. The third kappa shape index (κ3) is 7.30. The summed E-state index contributed by atoms with van der Waals surface area (Å²) >= 11 is 0. The lowest BCUT2D eigenvalue weighted by atomic mass is 10.1. The van der Waals surface area contributed by atoms with Crippen LogP contribution in [0.4, 0.5) is 0 Å². The van der Waals surface area contributed by atoms with E-state index in [-0.39, 0.29) is 25.2 Å². The summed E-state index contributed by atoms with van der Waals surface area (Å²) < 4.78 is 0. The van der Waals surface area contributed by atoms with Gasteiger partial charge in [0, 0.05) is 6.42 Å². The normalized spacial score (nSPS) is 11.4. The van der Waals surface area contributed by atoms with Crippen LogP contribution >= 0.6 is 12.4 Å². The Balaban J connectivity index is 0. The van der Waals surface area contributed by atoms with Crippen molar-refractivity contribution in [3.05, 3.63) is 0 Å². The van der Waals surface area contributed by atoms with E-state index in [4.69, 9.17) is 15.9 Å². The highest BCUT2D eigenvalue weighted by Crippen LogP contribution is 1.98. The van der Waals surface area contributed by atoms with Gasteiger partial charge in [-0.3, -0.25) is 9.59 Å². The molecule has 1 atom stereocenters. The van der Waals surface area contributed by atoms with Crippen molar-refractivity contribution in [2.45, 2.75) is 25.3 Å². The van der Waals surface area contributed by atoms with E-state index in [9.17, 15) is 9.59 Å². The van der Waals surface area contributed by atoms with Crippen LogP contribution in [0.3, 0.4) is 0 Å². The van der Waals surface area contributed by atoms with Crippen LogP contribution in [-0.4, -0.2) is 28.2 Å². The molecule has 5 nitrogen and oxygen atoms in total. The Kier molecular flexibility index (Phi) is 7.88. The first-order valence-corrected chi connectivity index (χ1v) is 3.24. The first-order valence-electron chi connectivity index (χ1n) is 3.24. The molecule has 0 fully saturated rings. The largest absolute Gasteiger partial charge is 0.481 e. The van der Waals surface area contributed by atoms with Gasteiger partial charge in [0.2, 0.25) is 0 Å². The van der Waals surface area contributed by atoms with Crippen LogP contribution in [0.5, 0.6) is 0 Å². The molecule has 72 valence electrons. The zero-order valence-electron chi connectivity index (χ0n) is 6.40. The number of carbonyl (C=O) groups is 2. The van der Waals surface area contributed by atoms with Gasteiger partial charge < -0.3 is 15.9 Å². The first-order chi connectivity index (χ1) is 5.04. The molecule has 0 aliphatic rings. The van der Waals surface area contributed by atoms with E-state index in [1.165, 1.54) is 0 Å². The highest BCUT2D eigenvalue weighted by atomic mass is 35.5. The lowest BCUT2D eigenvalue weighted by Gasteiger charge is -2.02. The Morgan fingerprint density at radius 3 is 2.17 bits per heavy atom. The Morgan fingerprint density at radius 2 is 1.83 bits per heavy atom. The Hall–Kier alpha value is -0.810. The quantitative estimate of drug-likeness (QED) is 0.579. The molecule has 12 heavy (non-hydrogen) atoms. The SMILES string of the molecule is Cl.NC(CCCC(=O)O)C(=O)O. The van der Waals surface area contributed by atoms with Gasteiger partial charge >= 0.3 is 11.9 Å². The molecule has 0 radical (unpaired) electrons. The zero-order chi connectivity index (χ0) is 8.85. The molecule has 0 aliphatic carbocycles. The minimum atomic E-state index is -1.09. The lowest BCUT2D eigenvalue weighted by Crippen LogP contribution is -2.29. The molecule has 0 aromatic heterocycles. The number of nitrogens with two attached hydrogens (primary N) is 1. The third-order valence-corrected chi connectivity index (χ3v) is 1.22. The van der Waals surface area contributed by atoms with Gasteiger partial charge in [0.1, 0.15) is 6.04 Å². The molecule has 0 aliphatic heterocycles. The minimum absolute atomic E-state index is 0. The average Bonchev–Trinajstić information content (AvgIpc) is 1.86. The summed E-state index contributed by atoms with van der Waals surface area (Å²) in [7, 11) is 0. The van der Waals surface area contributed by atoms with Crippen LogP contribution in [0.1, 0.15) is 19.3 Å². The fraction of sp³-hybridized carbons (Fsp3) is 0.667. The summed E-state index contributed by atoms with van der Waals surface area (Å²) in [5.74, 6) is -2.02. The van der Waals surface area contributed by atoms with Gasteiger partial charge in [-0.05, 0) is 12.8 Å². The van der Waals surface area contributed by atoms with Crippen LogP contribution in [0, 0.1) is 0 Å². The number of halogens is 1. The van der Waals surface area contributed by atoms with Gasteiger partial charge in [-0.15, -0.1) is 12.4 Å². The molecule has 0 saturated carbocycles. The van der Waals surface area contributed by atoms with Crippen LogP contribution < -0.4 is 5.73 Å². The van der Waals surface area contributed by atoms with Gasteiger partial charge in [-0.2, -0.15) is 0 Å². The maximum Gasteiger partial charge on any atom is 0.320 e. The molecule has 6 heteroatoms. The first kappa shape index (κ1) is 13.8. The second-order valence-electron chi connectivity index (χ2n) is 2.23. The number of hydrogen-bond donors (Lipinski definition) is 3. The van der Waals surface area contributed by atoms with Gasteiger partial charge in [0.15, 0.2) is 0 Å². The molecule has 0 saturated heterocycles. The molecule has 1 unspecified atom stereocenters. The van der Waals surface area contributed by atoms with Crippen molar-refractivity contribution in [1.29, 1.82) is 0 Å². The molecule has 4 N–H and O–H groups in total. The van der Waals surface area contributed by atoms with Crippen LogP contribution in [0.2, 0.25) is 0 Å². The van der Waals surface area contributed by atoms with Gasteiger partial charge in [0.25, 0.3) is 0 Å². The third-order valence-electron chi connectivity index (χ3n) is 1.22. The molecule has 0 spiro atoms. The van der Waals surface area contributed by atoms with Crippen molar-refractivity contribution in [3.63, 3.8) is 0 Å². The standard InChI is InChI=1S/C6H11NO4.ClH/c7-4(6(10)11)2-1-3-5(8)9;/h4H,1-3,7H2,(H,8,9)(H,10,11);1H. The fourth-order valence-corrected chi connectivity index (χ4v) is 0.597. The molecule has 0 bridgehead atoms. The second kappa shape index (κ2) is 6.87. The topological polar surface area (TPSA) is 101 Å². The summed E-state index contributed by atoms with van der Waals surface area (Å²) in [5.41, 5.74) is 5.11. The zero-order valence-corrected chi connectivity index (χ0v) is 7.21. The van der Waals surface area contributed by atoms with Crippen molar-refractivity contribution in [2.75, 3.05) is 0 Å². The van der Waals surface area contributed by atoms with Crippen LogP contribution in [-0.2, 0) is 9.59 Å². The summed E-state index contributed by atoms with van der Waals surface area (Å²) in [6.45, 7) is 0. The Labute approximate surface area is 76.0 Å². The Morgan fingerprint density at radius 1 is 1.33 bits per heavy atom. The molecular weight excluding hydrogens is 186 g/mol. The van der Waals surface area contributed by atoms with Crippen molar-refractivity contribution in [1.82, 2.24) is 0 Å². The molecule has 0 amide bonds. The van der Waals surface area contributed by atoms with E-state index < -0.39 is 18.0 Å². The summed E-state index contributed by atoms with van der Waals surface area (Å²) in [5, 5.41) is 16.5. The number of carboxylic acid groups (broad SMARTS) is 2. The average molecular weight is 198 g/mol. The van der Waals surface area contributed by atoms with E-state index in [0.29, 0.717) is 6.42 Å². The minimum Gasteiger partial charge on any atom is -0.481 e. The summed E-state index contributed by atoms with van der Waals surface area (Å²) in [4.78, 5) is 20.1. The van der Waals surface area contributed by atoms with Gasteiger partial charge in [-0.1, -0.05) is 0 Å². The van der Waals surface area contributed by atoms with E-state index in [1.54, 1.807) is 0 Å². The monoisotopic (exact) mass is 197 g/mol. The van der Waals surface area contributed by atoms with Crippen LogP contribution in [0.25, 0.3) is 0 Å². The van der Waals surface area contributed by atoms with E-state index in [2.05, 4.69) is 0 Å². The molecule has 0 heterocycles. The molecule has 0 aromatic carbocycles. The predicted molar refractivity (Wildman–Crippen MR) is 44.3 cm³/mol. The Bertz CT molecular complexity index is 162. The van der Waals surface area contributed by atoms with Gasteiger partial charge in [0.05, 0.1) is 0 Å². The summed E-state index contributed by atoms with van der Waals surface area (Å²) in [6.07, 6.45) is 0.491. The summed E-state index contributed by atoms with van der Waals surface area (Å²) in [6, 6.07) is -0.936. The highest BCUT2D eigenvalue weighted by molar-refractivity contribution is 5.85.